The molecule has 2 aromatic rings. The molecule has 110 valence electrons. The van der Waals surface area contributed by atoms with E-state index in [1.54, 1.807) is 13.3 Å². The second-order valence-corrected chi connectivity index (χ2v) is 5.63. The summed E-state index contributed by atoms with van der Waals surface area (Å²) in [7, 11) is -2.13. The van der Waals surface area contributed by atoms with E-state index < -0.39 is 10.0 Å². The molecule has 1 heterocycles. The summed E-state index contributed by atoms with van der Waals surface area (Å²) in [6, 6.07) is 10.2. The van der Waals surface area contributed by atoms with Crippen molar-refractivity contribution in [3.05, 3.63) is 48.2 Å². The van der Waals surface area contributed by atoms with E-state index in [4.69, 9.17) is 9.88 Å². The van der Waals surface area contributed by atoms with Gasteiger partial charge in [0, 0.05) is 6.20 Å². The first-order valence-corrected chi connectivity index (χ1v) is 7.45. The minimum absolute atomic E-state index is 0.0489. The molecule has 8 heteroatoms. The van der Waals surface area contributed by atoms with Gasteiger partial charge in [-0.25, -0.2) is 18.5 Å². The van der Waals surface area contributed by atoms with Gasteiger partial charge in [-0.3, -0.25) is 5.43 Å². The Morgan fingerprint density at radius 1 is 1.24 bits per heavy atom. The van der Waals surface area contributed by atoms with Crippen molar-refractivity contribution >= 4 is 22.1 Å². The molecule has 3 N–H and O–H groups in total. The standard InChI is InChI=1S/C13H14N4O3S/c1-20-11-4-2-10(3-5-11)8-16-17-13-7-6-12(9-15-13)21(14,18)19/h2-9H,1H3,(H,15,17)(H2,14,18,19). The molecule has 1 aromatic heterocycles. The molecule has 0 aliphatic rings. The largest absolute Gasteiger partial charge is 0.497 e. The molecule has 0 aliphatic heterocycles. The average Bonchev–Trinajstić information content (AvgIpc) is 2.47. The number of nitrogens with zero attached hydrogens (tertiary/aromatic N) is 2. The van der Waals surface area contributed by atoms with Crippen LogP contribution in [0.25, 0.3) is 0 Å². The summed E-state index contributed by atoms with van der Waals surface area (Å²) < 4.78 is 27.2. The van der Waals surface area contributed by atoms with E-state index >= 15 is 0 Å². The first-order valence-electron chi connectivity index (χ1n) is 5.91. The van der Waals surface area contributed by atoms with E-state index in [1.165, 1.54) is 18.3 Å². The summed E-state index contributed by atoms with van der Waals surface area (Å²) >= 11 is 0. The number of primary sulfonamides is 1. The highest BCUT2D eigenvalue weighted by Gasteiger charge is 2.07. The maximum atomic E-state index is 11.1. The summed E-state index contributed by atoms with van der Waals surface area (Å²) in [6.07, 6.45) is 2.77. The van der Waals surface area contributed by atoms with E-state index in [0.29, 0.717) is 5.82 Å². The Kier molecular flexibility index (Phi) is 4.51. The number of nitrogens with one attached hydrogen (secondary N) is 1. The first-order chi connectivity index (χ1) is 9.99. The number of methoxy groups -OCH3 is 1. The fourth-order valence-corrected chi connectivity index (χ4v) is 1.94. The molecule has 0 amide bonds. The minimum atomic E-state index is -3.73. The summed E-state index contributed by atoms with van der Waals surface area (Å²) in [5, 5.41) is 8.98. The summed E-state index contributed by atoms with van der Waals surface area (Å²) in [6.45, 7) is 0. The van der Waals surface area contributed by atoms with Crippen molar-refractivity contribution in [1.29, 1.82) is 0 Å². The molecule has 0 unspecified atom stereocenters. The lowest BCUT2D eigenvalue weighted by Crippen LogP contribution is -2.12. The molecule has 0 saturated carbocycles. The zero-order valence-corrected chi connectivity index (χ0v) is 12.0. The molecule has 7 nitrogen and oxygen atoms in total. The number of hydrogen-bond acceptors (Lipinski definition) is 6. The molecule has 0 fully saturated rings. The van der Waals surface area contributed by atoms with Crippen molar-refractivity contribution in [3.63, 3.8) is 0 Å². The van der Waals surface area contributed by atoms with Gasteiger partial charge in [-0.15, -0.1) is 0 Å². The Hall–Kier alpha value is -2.45. The van der Waals surface area contributed by atoms with Crippen LogP contribution in [0.2, 0.25) is 0 Å². The van der Waals surface area contributed by atoms with E-state index in [1.807, 2.05) is 24.3 Å². The Morgan fingerprint density at radius 2 is 1.95 bits per heavy atom. The molecule has 0 bridgehead atoms. The fraction of sp³-hybridized carbons (Fsp3) is 0.0769. The van der Waals surface area contributed by atoms with Gasteiger partial charge in [0.2, 0.25) is 10.0 Å². The number of ether oxygens (including phenoxy) is 1. The molecule has 0 saturated heterocycles. The lowest BCUT2D eigenvalue weighted by atomic mass is 10.2. The molecule has 0 aliphatic carbocycles. The molecule has 2 rings (SSSR count). The van der Waals surface area contributed by atoms with Gasteiger partial charge < -0.3 is 4.74 Å². The SMILES string of the molecule is COc1ccc(C=NNc2ccc(S(N)(=O)=O)cn2)cc1. The monoisotopic (exact) mass is 306 g/mol. The molecule has 0 spiro atoms. The number of hydrazone groups is 1. The fourth-order valence-electron chi connectivity index (χ4n) is 1.48. The topological polar surface area (TPSA) is 107 Å². The first kappa shape index (κ1) is 14.9. The number of benzene rings is 1. The zero-order chi connectivity index (χ0) is 15.3. The van der Waals surface area contributed by atoms with Crippen LogP contribution in [0.4, 0.5) is 5.82 Å². The highest BCUT2D eigenvalue weighted by atomic mass is 32.2. The molecule has 0 atom stereocenters. The van der Waals surface area contributed by atoms with Crippen molar-refractivity contribution < 1.29 is 13.2 Å². The van der Waals surface area contributed by atoms with Gasteiger partial charge in [0.15, 0.2) is 0 Å². The molecular formula is C13H14N4O3S. The number of aromatic nitrogens is 1. The Balaban J connectivity index is 2.00. The predicted molar refractivity (Wildman–Crippen MR) is 79.8 cm³/mol. The second-order valence-electron chi connectivity index (χ2n) is 4.07. The van der Waals surface area contributed by atoms with Crippen molar-refractivity contribution in [2.75, 3.05) is 12.5 Å². The molecule has 21 heavy (non-hydrogen) atoms. The number of sulfonamides is 1. The lowest BCUT2D eigenvalue weighted by Gasteiger charge is -2.01. The van der Waals surface area contributed by atoms with E-state index in [9.17, 15) is 8.42 Å². The number of anilines is 1. The third-order valence-corrected chi connectivity index (χ3v) is 3.47. The van der Waals surface area contributed by atoms with Crippen molar-refractivity contribution in [3.8, 4) is 5.75 Å². The maximum Gasteiger partial charge on any atom is 0.239 e. The third kappa shape index (κ3) is 4.26. The van der Waals surface area contributed by atoms with Crippen LogP contribution in [0.5, 0.6) is 5.75 Å². The predicted octanol–water partition coefficient (Wildman–Crippen LogP) is 1.18. The van der Waals surface area contributed by atoms with Crippen LogP contribution in [0.3, 0.4) is 0 Å². The number of rotatable bonds is 5. The van der Waals surface area contributed by atoms with E-state index in [0.717, 1.165) is 11.3 Å². The Morgan fingerprint density at radius 3 is 2.48 bits per heavy atom. The van der Waals surface area contributed by atoms with Gasteiger partial charge in [0.1, 0.15) is 16.5 Å². The highest BCUT2D eigenvalue weighted by molar-refractivity contribution is 7.89. The molecule has 0 radical (unpaired) electrons. The lowest BCUT2D eigenvalue weighted by molar-refractivity contribution is 0.415. The van der Waals surface area contributed by atoms with E-state index in [-0.39, 0.29) is 4.90 Å². The summed E-state index contributed by atoms with van der Waals surface area (Å²) in [5.41, 5.74) is 3.57. The Labute approximate surface area is 122 Å². The highest BCUT2D eigenvalue weighted by Crippen LogP contribution is 2.11. The van der Waals surface area contributed by atoms with Crippen LogP contribution in [-0.4, -0.2) is 26.7 Å². The zero-order valence-electron chi connectivity index (χ0n) is 11.2. The van der Waals surface area contributed by atoms with E-state index in [2.05, 4.69) is 15.5 Å². The minimum Gasteiger partial charge on any atom is -0.497 e. The molecular weight excluding hydrogens is 292 g/mol. The van der Waals surface area contributed by atoms with Crippen LogP contribution in [0, 0.1) is 0 Å². The third-order valence-electron chi connectivity index (χ3n) is 2.57. The maximum absolute atomic E-state index is 11.1. The summed E-state index contributed by atoms with van der Waals surface area (Å²) in [4.78, 5) is 3.85. The second kappa shape index (κ2) is 6.33. The van der Waals surface area contributed by atoms with Gasteiger partial charge >= 0.3 is 0 Å². The van der Waals surface area contributed by atoms with Crippen LogP contribution < -0.4 is 15.3 Å². The average molecular weight is 306 g/mol. The van der Waals surface area contributed by atoms with Crippen LogP contribution in [0.1, 0.15) is 5.56 Å². The summed E-state index contributed by atoms with van der Waals surface area (Å²) in [5.74, 6) is 1.17. The van der Waals surface area contributed by atoms with Gasteiger partial charge in [0.25, 0.3) is 0 Å². The Bertz CT molecular complexity index is 725. The van der Waals surface area contributed by atoms with Crippen LogP contribution in [-0.2, 0) is 10.0 Å². The normalized spacial score (nSPS) is 11.5. The van der Waals surface area contributed by atoms with Crippen molar-refractivity contribution in [2.24, 2.45) is 10.2 Å². The smallest absolute Gasteiger partial charge is 0.239 e. The number of hydrogen-bond donors (Lipinski definition) is 2. The van der Waals surface area contributed by atoms with Gasteiger partial charge in [-0.1, -0.05) is 0 Å². The number of pyridine rings is 1. The molecule has 1 aromatic carbocycles. The van der Waals surface area contributed by atoms with Crippen LogP contribution >= 0.6 is 0 Å². The quantitative estimate of drug-likeness (QED) is 0.637. The van der Waals surface area contributed by atoms with Gasteiger partial charge in [0.05, 0.1) is 13.3 Å². The van der Waals surface area contributed by atoms with Gasteiger partial charge in [-0.2, -0.15) is 5.10 Å². The van der Waals surface area contributed by atoms with Crippen molar-refractivity contribution in [1.82, 2.24) is 4.98 Å². The van der Waals surface area contributed by atoms with Gasteiger partial charge in [-0.05, 0) is 42.0 Å². The van der Waals surface area contributed by atoms with Crippen LogP contribution in [0.15, 0.2) is 52.6 Å². The number of nitrogens with two attached hydrogens (primary N) is 1. The van der Waals surface area contributed by atoms with Crippen molar-refractivity contribution in [2.45, 2.75) is 4.90 Å².